The Balaban J connectivity index is 1.52. The van der Waals surface area contributed by atoms with Crippen molar-refractivity contribution in [1.82, 2.24) is 14.9 Å². The smallest absolute Gasteiger partial charge is 0.233 e. The third-order valence-corrected chi connectivity index (χ3v) is 5.36. The maximum atomic E-state index is 12.4. The summed E-state index contributed by atoms with van der Waals surface area (Å²) >= 11 is 1.53. The SMILES string of the molecule is COc1ccc(S[C@@H](C)C(=O)NCc2ccc(-n3ccnc3C)cc2)cc1. The molecule has 3 aromatic rings. The summed E-state index contributed by atoms with van der Waals surface area (Å²) in [5, 5.41) is 2.83. The molecular formula is C21H23N3O2S. The fourth-order valence-corrected chi connectivity index (χ4v) is 3.56. The average molecular weight is 382 g/mol. The fraction of sp³-hybridized carbons (Fsp3) is 0.238. The van der Waals surface area contributed by atoms with E-state index in [2.05, 4.69) is 10.3 Å². The highest BCUT2D eigenvalue weighted by molar-refractivity contribution is 8.00. The van der Waals surface area contributed by atoms with E-state index in [1.165, 1.54) is 11.8 Å². The van der Waals surface area contributed by atoms with E-state index >= 15 is 0 Å². The first kappa shape index (κ1) is 19.0. The maximum absolute atomic E-state index is 12.4. The van der Waals surface area contributed by atoms with E-state index in [4.69, 9.17) is 4.74 Å². The predicted octanol–water partition coefficient (Wildman–Crippen LogP) is 3.99. The Labute approximate surface area is 163 Å². The Kier molecular flexibility index (Phi) is 6.19. The van der Waals surface area contributed by atoms with Crippen LogP contribution in [0.25, 0.3) is 5.69 Å². The Hall–Kier alpha value is -2.73. The molecule has 6 heteroatoms. The van der Waals surface area contributed by atoms with Crippen LogP contribution >= 0.6 is 11.8 Å². The largest absolute Gasteiger partial charge is 0.497 e. The number of ether oxygens (including phenoxy) is 1. The van der Waals surface area contributed by atoms with Gasteiger partial charge in [0, 0.05) is 29.5 Å². The van der Waals surface area contributed by atoms with E-state index in [0.29, 0.717) is 6.54 Å². The molecule has 1 heterocycles. The lowest BCUT2D eigenvalue weighted by Crippen LogP contribution is -2.30. The monoisotopic (exact) mass is 381 g/mol. The number of benzene rings is 2. The third-order valence-electron chi connectivity index (χ3n) is 4.25. The van der Waals surface area contributed by atoms with Gasteiger partial charge in [0.2, 0.25) is 5.91 Å². The minimum atomic E-state index is -0.175. The molecule has 2 aromatic carbocycles. The van der Waals surface area contributed by atoms with Crippen LogP contribution in [0.5, 0.6) is 5.75 Å². The van der Waals surface area contributed by atoms with E-state index in [0.717, 1.165) is 27.7 Å². The highest BCUT2D eigenvalue weighted by Gasteiger charge is 2.14. The lowest BCUT2D eigenvalue weighted by molar-refractivity contribution is -0.120. The number of aryl methyl sites for hydroxylation is 1. The van der Waals surface area contributed by atoms with Crippen LogP contribution in [0.1, 0.15) is 18.3 Å². The summed E-state index contributed by atoms with van der Waals surface area (Å²) in [6, 6.07) is 15.8. The Morgan fingerprint density at radius 1 is 1.19 bits per heavy atom. The van der Waals surface area contributed by atoms with Gasteiger partial charge in [-0.25, -0.2) is 4.98 Å². The van der Waals surface area contributed by atoms with Gasteiger partial charge in [0.25, 0.3) is 0 Å². The van der Waals surface area contributed by atoms with Crippen LogP contribution in [-0.2, 0) is 11.3 Å². The third kappa shape index (κ3) is 4.92. The second-order valence-electron chi connectivity index (χ2n) is 6.16. The van der Waals surface area contributed by atoms with Gasteiger partial charge in [-0.1, -0.05) is 12.1 Å². The number of aromatic nitrogens is 2. The molecule has 1 aromatic heterocycles. The van der Waals surface area contributed by atoms with Crippen molar-refractivity contribution in [3.05, 3.63) is 72.3 Å². The highest BCUT2D eigenvalue weighted by Crippen LogP contribution is 2.25. The summed E-state index contributed by atoms with van der Waals surface area (Å²) in [6.45, 7) is 4.39. The van der Waals surface area contributed by atoms with Crippen LogP contribution in [0.3, 0.4) is 0 Å². The number of hydrogen-bond acceptors (Lipinski definition) is 4. The summed E-state index contributed by atoms with van der Waals surface area (Å²) in [7, 11) is 1.64. The van der Waals surface area contributed by atoms with Crippen LogP contribution in [0, 0.1) is 6.92 Å². The molecule has 0 fully saturated rings. The molecule has 27 heavy (non-hydrogen) atoms. The lowest BCUT2D eigenvalue weighted by atomic mass is 10.2. The number of imidazole rings is 1. The molecule has 0 saturated heterocycles. The number of nitrogens with zero attached hydrogens (tertiary/aromatic N) is 2. The average Bonchev–Trinajstić information content (AvgIpc) is 3.13. The summed E-state index contributed by atoms with van der Waals surface area (Å²) in [6.07, 6.45) is 3.72. The van der Waals surface area contributed by atoms with Crippen molar-refractivity contribution in [3.63, 3.8) is 0 Å². The van der Waals surface area contributed by atoms with Gasteiger partial charge in [0.15, 0.2) is 0 Å². The van der Waals surface area contributed by atoms with Crippen molar-refractivity contribution in [2.24, 2.45) is 0 Å². The number of rotatable bonds is 7. The summed E-state index contributed by atoms with van der Waals surface area (Å²) < 4.78 is 7.18. The van der Waals surface area contributed by atoms with E-state index in [1.54, 1.807) is 13.3 Å². The van der Waals surface area contributed by atoms with E-state index in [-0.39, 0.29) is 11.2 Å². The zero-order chi connectivity index (χ0) is 19.2. The highest BCUT2D eigenvalue weighted by atomic mass is 32.2. The van der Waals surface area contributed by atoms with Crippen molar-refractivity contribution in [1.29, 1.82) is 0 Å². The zero-order valence-electron chi connectivity index (χ0n) is 15.7. The summed E-state index contributed by atoms with van der Waals surface area (Å²) in [5.41, 5.74) is 2.12. The van der Waals surface area contributed by atoms with Crippen LogP contribution < -0.4 is 10.1 Å². The number of hydrogen-bond donors (Lipinski definition) is 1. The summed E-state index contributed by atoms with van der Waals surface area (Å²) in [4.78, 5) is 17.6. The number of carbonyl (C=O) groups excluding carboxylic acids is 1. The van der Waals surface area contributed by atoms with Crippen LogP contribution in [0.15, 0.2) is 65.8 Å². The van der Waals surface area contributed by atoms with Gasteiger partial charge in [-0.3, -0.25) is 4.79 Å². The van der Waals surface area contributed by atoms with Gasteiger partial charge in [0.1, 0.15) is 11.6 Å². The molecule has 1 N–H and O–H groups in total. The summed E-state index contributed by atoms with van der Waals surface area (Å²) in [5.74, 6) is 1.77. The molecule has 3 rings (SSSR count). The lowest BCUT2D eigenvalue weighted by Gasteiger charge is -2.13. The number of carbonyl (C=O) groups is 1. The van der Waals surface area contributed by atoms with Crippen LogP contribution in [-0.4, -0.2) is 27.8 Å². The van der Waals surface area contributed by atoms with Crippen molar-refractivity contribution in [3.8, 4) is 11.4 Å². The van der Waals surface area contributed by atoms with Gasteiger partial charge in [-0.05, 0) is 55.8 Å². The van der Waals surface area contributed by atoms with E-state index in [1.807, 2.05) is 73.1 Å². The van der Waals surface area contributed by atoms with Gasteiger partial charge in [-0.15, -0.1) is 11.8 Å². The van der Waals surface area contributed by atoms with Crippen LogP contribution in [0.4, 0.5) is 0 Å². The molecular weight excluding hydrogens is 358 g/mol. The second-order valence-corrected chi connectivity index (χ2v) is 7.58. The molecule has 0 radical (unpaired) electrons. The molecule has 1 atom stereocenters. The van der Waals surface area contributed by atoms with Crippen molar-refractivity contribution >= 4 is 17.7 Å². The van der Waals surface area contributed by atoms with Gasteiger partial charge in [0.05, 0.1) is 12.4 Å². The second kappa shape index (κ2) is 8.77. The first-order valence-corrected chi connectivity index (χ1v) is 9.62. The number of nitrogens with one attached hydrogen (secondary N) is 1. The maximum Gasteiger partial charge on any atom is 0.233 e. The van der Waals surface area contributed by atoms with Crippen molar-refractivity contribution in [2.75, 3.05) is 7.11 Å². The predicted molar refractivity (Wildman–Crippen MR) is 108 cm³/mol. The minimum Gasteiger partial charge on any atom is -0.497 e. The number of amides is 1. The molecule has 0 spiro atoms. The Morgan fingerprint density at radius 2 is 1.89 bits per heavy atom. The number of thioether (sulfide) groups is 1. The van der Waals surface area contributed by atoms with E-state index < -0.39 is 0 Å². The van der Waals surface area contributed by atoms with Crippen LogP contribution in [0.2, 0.25) is 0 Å². The zero-order valence-corrected chi connectivity index (χ0v) is 16.5. The standard InChI is InChI=1S/C21H23N3O2S/c1-15(27-20-10-8-19(26-3)9-11-20)21(25)23-14-17-4-6-18(7-5-17)24-13-12-22-16(24)2/h4-13,15H,14H2,1-3H3,(H,23,25)/t15-/m0/s1. The van der Waals surface area contributed by atoms with Crippen molar-refractivity contribution in [2.45, 2.75) is 30.5 Å². The molecule has 0 bridgehead atoms. The molecule has 5 nitrogen and oxygen atoms in total. The molecule has 1 amide bonds. The molecule has 0 aliphatic carbocycles. The first-order chi connectivity index (χ1) is 13.1. The normalized spacial score (nSPS) is 11.8. The van der Waals surface area contributed by atoms with Crippen molar-refractivity contribution < 1.29 is 9.53 Å². The Morgan fingerprint density at radius 3 is 2.48 bits per heavy atom. The molecule has 0 aliphatic heterocycles. The quantitative estimate of drug-likeness (QED) is 0.629. The topological polar surface area (TPSA) is 56.1 Å². The van der Waals surface area contributed by atoms with E-state index in [9.17, 15) is 4.79 Å². The fourth-order valence-electron chi connectivity index (χ4n) is 2.67. The molecule has 0 aliphatic rings. The Bertz CT molecular complexity index is 889. The first-order valence-electron chi connectivity index (χ1n) is 8.74. The molecule has 0 unspecified atom stereocenters. The van der Waals surface area contributed by atoms with Gasteiger partial charge >= 0.3 is 0 Å². The molecule has 140 valence electrons. The van der Waals surface area contributed by atoms with Gasteiger partial charge < -0.3 is 14.6 Å². The minimum absolute atomic E-state index is 0.0188. The van der Waals surface area contributed by atoms with Gasteiger partial charge in [-0.2, -0.15) is 0 Å². The molecule has 0 saturated carbocycles. The number of methoxy groups -OCH3 is 1.